The molecule has 2 unspecified atom stereocenters. The van der Waals surface area contributed by atoms with Crippen molar-refractivity contribution in [3.05, 3.63) is 42.0 Å². The fourth-order valence-corrected chi connectivity index (χ4v) is 3.09. The maximum Gasteiger partial charge on any atom is 0.0998 e. The van der Waals surface area contributed by atoms with Crippen LogP contribution in [0.1, 0.15) is 18.9 Å². The highest BCUT2D eigenvalue weighted by atomic mass is 15.2. The molecule has 0 spiro atoms. The molecule has 3 heteroatoms. The molecule has 2 atom stereocenters. The summed E-state index contributed by atoms with van der Waals surface area (Å²) in [5, 5.41) is 11.4. The first-order chi connectivity index (χ1) is 9.70. The minimum atomic E-state index is 0.240. The van der Waals surface area contributed by atoms with E-state index in [-0.39, 0.29) is 6.04 Å². The molecule has 1 fully saturated rings. The summed E-state index contributed by atoms with van der Waals surface area (Å²) in [7, 11) is 0. The van der Waals surface area contributed by atoms with Crippen LogP contribution in [0.4, 0.5) is 5.69 Å². The van der Waals surface area contributed by atoms with E-state index in [4.69, 9.17) is 5.73 Å². The first kappa shape index (κ1) is 13.0. The lowest BCUT2D eigenvalue weighted by atomic mass is 10.0. The zero-order chi connectivity index (χ0) is 14.1. The Morgan fingerprint density at radius 1 is 1.25 bits per heavy atom. The molecule has 0 saturated carbocycles. The Hall–Kier alpha value is -2.05. The van der Waals surface area contributed by atoms with Crippen molar-refractivity contribution in [2.24, 2.45) is 11.7 Å². The van der Waals surface area contributed by atoms with E-state index in [0.29, 0.717) is 5.92 Å². The van der Waals surface area contributed by atoms with Gasteiger partial charge in [0.25, 0.3) is 0 Å². The summed E-state index contributed by atoms with van der Waals surface area (Å²) in [5.41, 5.74) is 7.99. The van der Waals surface area contributed by atoms with Gasteiger partial charge in [-0.3, -0.25) is 0 Å². The normalized spacial score (nSPS) is 20.1. The maximum absolute atomic E-state index is 9.23. The highest BCUT2D eigenvalue weighted by Gasteiger charge is 2.26. The minimum Gasteiger partial charge on any atom is -0.371 e. The molecule has 0 radical (unpaired) electrons. The van der Waals surface area contributed by atoms with E-state index in [2.05, 4.69) is 30.0 Å². The third kappa shape index (κ3) is 2.13. The Morgan fingerprint density at radius 2 is 2.00 bits per heavy atom. The van der Waals surface area contributed by atoms with Gasteiger partial charge in [-0.05, 0) is 31.4 Å². The van der Waals surface area contributed by atoms with Crippen molar-refractivity contribution in [2.75, 3.05) is 18.0 Å². The smallest absolute Gasteiger partial charge is 0.0998 e. The van der Waals surface area contributed by atoms with E-state index in [1.165, 1.54) is 5.69 Å². The van der Waals surface area contributed by atoms with Gasteiger partial charge in [-0.25, -0.2) is 0 Å². The SMILES string of the molecule is CC(N)C1CCN(c2ccc(C#N)c3ccccc23)C1. The van der Waals surface area contributed by atoms with Gasteiger partial charge in [0.1, 0.15) is 0 Å². The molecule has 0 aliphatic carbocycles. The molecule has 2 N–H and O–H groups in total. The molecular weight excluding hydrogens is 246 g/mol. The van der Waals surface area contributed by atoms with Crippen LogP contribution in [-0.4, -0.2) is 19.1 Å². The van der Waals surface area contributed by atoms with Gasteiger partial charge in [-0.15, -0.1) is 0 Å². The molecule has 3 rings (SSSR count). The van der Waals surface area contributed by atoms with E-state index in [1.54, 1.807) is 0 Å². The Kier molecular flexibility index (Phi) is 3.33. The van der Waals surface area contributed by atoms with Gasteiger partial charge in [-0.1, -0.05) is 24.3 Å². The average Bonchev–Trinajstić information content (AvgIpc) is 2.96. The van der Waals surface area contributed by atoms with Crippen LogP contribution in [0, 0.1) is 17.2 Å². The monoisotopic (exact) mass is 265 g/mol. The van der Waals surface area contributed by atoms with Gasteiger partial charge in [0.05, 0.1) is 11.6 Å². The predicted octanol–water partition coefficient (Wildman–Crippen LogP) is 2.88. The second kappa shape index (κ2) is 5.15. The molecule has 0 amide bonds. The second-order valence-electron chi connectivity index (χ2n) is 5.64. The number of nitrogens with zero attached hydrogens (tertiary/aromatic N) is 2. The van der Waals surface area contributed by atoms with Gasteiger partial charge in [0.15, 0.2) is 0 Å². The van der Waals surface area contributed by atoms with Crippen LogP contribution < -0.4 is 10.6 Å². The van der Waals surface area contributed by atoms with Gasteiger partial charge in [0, 0.05) is 35.6 Å². The number of fused-ring (bicyclic) bond motifs is 1. The fourth-order valence-electron chi connectivity index (χ4n) is 3.09. The van der Waals surface area contributed by atoms with Crippen LogP contribution in [0.5, 0.6) is 0 Å². The van der Waals surface area contributed by atoms with Gasteiger partial charge >= 0.3 is 0 Å². The van der Waals surface area contributed by atoms with Crippen LogP contribution in [0.15, 0.2) is 36.4 Å². The third-order valence-corrected chi connectivity index (χ3v) is 4.33. The van der Waals surface area contributed by atoms with Crippen molar-refractivity contribution < 1.29 is 0 Å². The summed E-state index contributed by atoms with van der Waals surface area (Å²) in [5.74, 6) is 0.560. The number of hydrogen-bond donors (Lipinski definition) is 1. The van der Waals surface area contributed by atoms with Crippen molar-refractivity contribution >= 4 is 16.5 Å². The van der Waals surface area contributed by atoms with E-state index >= 15 is 0 Å². The molecule has 1 aliphatic heterocycles. The van der Waals surface area contributed by atoms with Gasteiger partial charge in [-0.2, -0.15) is 5.26 Å². The first-order valence-electron chi connectivity index (χ1n) is 7.13. The number of nitriles is 1. The van der Waals surface area contributed by atoms with E-state index in [0.717, 1.165) is 35.8 Å². The van der Waals surface area contributed by atoms with Crippen LogP contribution in [0.3, 0.4) is 0 Å². The highest BCUT2D eigenvalue weighted by Crippen LogP contribution is 2.33. The molecule has 0 bridgehead atoms. The fraction of sp³-hybridized carbons (Fsp3) is 0.353. The zero-order valence-corrected chi connectivity index (χ0v) is 11.7. The summed E-state index contributed by atoms with van der Waals surface area (Å²) >= 11 is 0. The molecule has 2 aromatic rings. The van der Waals surface area contributed by atoms with Crippen molar-refractivity contribution in [3.63, 3.8) is 0 Å². The molecule has 1 aliphatic rings. The second-order valence-corrected chi connectivity index (χ2v) is 5.64. The lowest BCUT2D eigenvalue weighted by Gasteiger charge is -2.22. The third-order valence-electron chi connectivity index (χ3n) is 4.33. The summed E-state index contributed by atoms with van der Waals surface area (Å²) in [4.78, 5) is 2.40. The minimum absolute atomic E-state index is 0.240. The molecular formula is C17H19N3. The Labute approximate surface area is 119 Å². The quantitative estimate of drug-likeness (QED) is 0.908. The lowest BCUT2D eigenvalue weighted by molar-refractivity contribution is 0.488. The van der Waals surface area contributed by atoms with Gasteiger partial charge in [0.2, 0.25) is 0 Å². The van der Waals surface area contributed by atoms with Gasteiger partial charge < -0.3 is 10.6 Å². The van der Waals surface area contributed by atoms with Crippen LogP contribution in [0.25, 0.3) is 10.8 Å². The standard InChI is InChI=1S/C17H19N3/c1-12(19)14-8-9-20(11-14)17-7-6-13(10-18)15-4-2-3-5-16(15)17/h2-7,12,14H,8-9,11,19H2,1H3. The van der Waals surface area contributed by atoms with Crippen molar-refractivity contribution in [1.82, 2.24) is 0 Å². The zero-order valence-electron chi connectivity index (χ0n) is 11.7. The number of rotatable bonds is 2. The Morgan fingerprint density at radius 3 is 2.65 bits per heavy atom. The van der Waals surface area contributed by atoms with E-state index < -0.39 is 0 Å². The molecule has 3 nitrogen and oxygen atoms in total. The van der Waals surface area contributed by atoms with Crippen molar-refractivity contribution in [3.8, 4) is 6.07 Å². The van der Waals surface area contributed by atoms with Crippen LogP contribution >= 0.6 is 0 Å². The summed E-state index contributed by atoms with van der Waals surface area (Å²) < 4.78 is 0. The molecule has 2 aromatic carbocycles. The summed E-state index contributed by atoms with van der Waals surface area (Å²) in [6, 6.07) is 14.7. The first-order valence-corrected chi connectivity index (χ1v) is 7.13. The molecule has 0 aromatic heterocycles. The van der Waals surface area contributed by atoms with Crippen LogP contribution in [-0.2, 0) is 0 Å². The van der Waals surface area contributed by atoms with Crippen molar-refractivity contribution in [1.29, 1.82) is 5.26 Å². The maximum atomic E-state index is 9.23. The number of benzene rings is 2. The number of anilines is 1. The highest BCUT2D eigenvalue weighted by molar-refractivity contribution is 5.97. The van der Waals surface area contributed by atoms with E-state index in [1.807, 2.05) is 24.3 Å². The summed E-state index contributed by atoms with van der Waals surface area (Å²) in [6.07, 6.45) is 1.14. The number of hydrogen-bond acceptors (Lipinski definition) is 3. The van der Waals surface area contributed by atoms with Crippen molar-refractivity contribution in [2.45, 2.75) is 19.4 Å². The van der Waals surface area contributed by atoms with Crippen LogP contribution in [0.2, 0.25) is 0 Å². The predicted molar refractivity (Wildman–Crippen MR) is 82.6 cm³/mol. The topological polar surface area (TPSA) is 53.0 Å². The largest absolute Gasteiger partial charge is 0.371 e. The van der Waals surface area contributed by atoms with E-state index in [9.17, 15) is 5.26 Å². The molecule has 1 heterocycles. The molecule has 20 heavy (non-hydrogen) atoms. The number of nitrogens with two attached hydrogens (primary N) is 1. The average molecular weight is 265 g/mol. The Bertz CT molecular complexity index is 669. The summed E-state index contributed by atoms with van der Waals surface area (Å²) in [6.45, 7) is 4.14. The Balaban J connectivity index is 2.04. The molecule has 102 valence electrons. The lowest BCUT2D eigenvalue weighted by Crippen LogP contribution is -2.29. The molecule has 1 saturated heterocycles.